The second-order valence-electron chi connectivity index (χ2n) is 7.06. The van der Waals surface area contributed by atoms with Crippen LogP contribution in [0.1, 0.15) is 36.8 Å². The number of ether oxygens (including phenoxy) is 2. The molecule has 0 saturated heterocycles. The van der Waals surface area contributed by atoms with E-state index in [1.807, 2.05) is 25.1 Å². The highest BCUT2D eigenvalue weighted by atomic mass is 19.1. The number of fused-ring (bicyclic) bond motifs is 1. The Balaban J connectivity index is 1.68. The van der Waals surface area contributed by atoms with Crippen molar-refractivity contribution in [2.24, 2.45) is 0 Å². The lowest BCUT2D eigenvalue weighted by atomic mass is 9.77. The minimum atomic E-state index is -0.616. The molecule has 1 amide bonds. The first-order chi connectivity index (χ1) is 12.6. The molecule has 2 aliphatic rings. The monoisotopic (exact) mass is 355 g/mol. The van der Waals surface area contributed by atoms with Gasteiger partial charge in [-0.25, -0.2) is 4.39 Å². The maximum Gasteiger partial charge on any atom is 0.235 e. The molecule has 4 rings (SSSR count). The topological polar surface area (TPSA) is 47.6 Å². The Morgan fingerprint density at radius 2 is 1.77 bits per heavy atom. The molecule has 136 valence electrons. The Morgan fingerprint density at radius 3 is 2.54 bits per heavy atom. The van der Waals surface area contributed by atoms with E-state index < -0.39 is 5.41 Å². The molecule has 1 saturated carbocycles. The van der Waals surface area contributed by atoms with E-state index in [9.17, 15) is 9.18 Å². The van der Waals surface area contributed by atoms with Crippen LogP contribution in [-0.4, -0.2) is 19.1 Å². The number of nitrogens with one attached hydrogen (secondary N) is 1. The summed E-state index contributed by atoms with van der Waals surface area (Å²) in [7, 11) is 0. The fourth-order valence-electron chi connectivity index (χ4n) is 3.94. The zero-order valence-electron chi connectivity index (χ0n) is 14.8. The average molecular weight is 355 g/mol. The molecule has 1 N–H and O–H groups in total. The average Bonchev–Trinajstić information content (AvgIpc) is 3.15. The van der Waals surface area contributed by atoms with Gasteiger partial charge < -0.3 is 14.8 Å². The summed E-state index contributed by atoms with van der Waals surface area (Å²) in [4.78, 5) is 13.3. The van der Waals surface area contributed by atoms with Crippen molar-refractivity contribution in [3.63, 3.8) is 0 Å². The van der Waals surface area contributed by atoms with Crippen LogP contribution in [0.2, 0.25) is 0 Å². The molecule has 0 spiro atoms. The van der Waals surface area contributed by atoms with Gasteiger partial charge in [0.25, 0.3) is 0 Å². The standard InChI is InChI=1S/C21H22FNO3/c1-14-4-6-16(22)13-17(14)23-20(24)21(8-2-3-9-21)15-5-7-18-19(12-15)26-11-10-25-18/h4-7,12-13H,2-3,8-11H2,1H3,(H,23,24). The van der Waals surface area contributed by atoms with E-state index in [0.717, 1.165) is 42.6 Å². The van der Waals surface area contributed by atoms with E-state index in [1.165, 1.54) is 12.1 Å². The number of carbonyl (C=O) groups excluding carboxylic acids is 1. The van der Waals surface area contributed by atoms with Gasteiger partial charge in [-0.15, -0.1) is 0 Å². The van der Waals surface area contributed by atoms with Crippen molar-refractivity contribution in [3.05, 3.63) is 53.3 Å². The lowest BCUT2D eigenvalue weighted by Gasteiger charge is -2.30. The molecule has 4 nitrogen and oxygen atoms in total. The van der Waals surface area contributed by atoms with Crippen LogP contribution in [0.3, 0.4) is 0 Å². The second-order valence-corrected chi connectivity index (χ2v) is 7.06. The minimum absolute atomic E-state index is 0.0830. The third-order valence-corrected chi connectivity index (χ3v) is 5.43. The molecule has 0 aromatic heterocycles. The van der Waals surface area contributed by atoms with Crippen molar-refractivity contribution in [2.45, 2.75) is 38.0 Å². The Morgan fingerprint density at radius 1 is 1.04 bits per heavy atom. The SMILES string of the molecule is Cc1ccc(F)cc1NC(=O)C1(c2ccc3c(c2)OCCO3)CCCC1. The molecule has 0 bridgehead atoms. The Labute approximate surface area is 152 Å². The molecule has 0 unspecified atom stereocenters. The smallest absolute Gasteiger partial charge is 0.235 e. The Hall–Kier alpha value is -2.56. The first-order valence-electron chi connectivity index (χ1n) is 9.06. The number of hydrogen-bond donors (Lipinski definition) is 1. The largest absolute Gasteiger partial charge is 0.486 e. The zero-order valence-corrected chi connectivity index (χ0v) is 14.8. The van der Waals surface area contributed by atoms with Crippen LogP contribution in [0.15, 0.2) is 36.4 Å². The number of anilines is 1. The molecule has 5 heteroatoms. The van der Waals surface area contributed by atoms with Crippen LogP contribution in [0, 0.1) is 12.7 Å². The van der Waals surface area contributed by atoms with E-state index in [2.05, 4.69) is 5.32 Å². The Kier molecular flexibility index (Phi) is 4.31. The van der Waals surface area contributed by atoms with Crippen molar-refractivity contribution in [1.29, 1.82) is 0 Å². The molecule has 2 aromatic rings. The molecule has 26 heavy (non-hydrogen) atoms. The lowest BCUT2D eigenvalue weighted by Crippen LogP contribution is -2.38. The van der Waals surface area contributed by atoms with Gasteiger partial charge in [0.2, 0.25) is 5.91 Å². The van der Waals surface area contributed by atoms with E-state index in [0.29, 0.717) is 24.7 Å². The fourth-order valence-corrected chi connectivity index (χ4v) is 3.94. The van der Waals surface area contributed by atoms with E-state index in [4.69, 9.17) is 9.47 Å². The molecular formula is C21H22FNO3. The van der Waals surface area contributed by atoms with Crippen molar-refractivity contribution < 1.29 is 18.7 Å². The molecule has 1 aliphatic carbocycles. The van der Waals surface area contributed by atoms with E-state index in [-0.39, 0.29) is 11.7 Å². The minimum Gasteiger partial charge on any atom is -0.486 e. The van der Waals surface area contributed by atoms with E-state index >= 15 is 0 Å². The van der Waals surface area contributed by atoms with Gasteiger partial charge in [-0.3, -0.25) is 4.79 Å². The predicted octanol–water partition coefficient (Wildman–Crippen LogP) is 4.36. The number of rotatable bonds is 3. The summed E-state index contributed by atoms with van der Waals surface area (Å²) in [6, 6.07) is 10.2. The van der Waals surface area contributed by atoms with Gasteiger partial charge in [0.1, 0.15) is 19.0 Å². The van der Waals surface area contributed by atoms with Gasteiger partial charge in [0.15, 0.2) is 11.5 Å². The molecule has 1 aliphatic heterocycles. The summed E-state index contributed by atoms with van der Waals surface area (Å²) in [5, 5.41) is 2.96. The third kappa shape index (κ3) is 2.91. The fraction of sp³-hybridized carbons (Fsp3) is 0.381. The van der Waals surface area contributed by atoms with Gasteiger partial charge >= 0.3 is 0 Å². The number of hydrogen-bond acceptors (Lipinski definition) is 3. The molecule has 0 atom stereocenters. The lowest BCUT2D eigenvalue weighted by molar-refractivity contribution is -0.121. The summed E-state index contributed by atoms with van der Waals surface area (Å²) in [6.07, 6.45) is 3.52. The number of carbonyl (C=O) groups is 1. The van der Waals surface area contributed by atoms with Gasteiger partial charge in [-0.05, 0) is 55.2 Å². The zero-order chi connectivity index (χ0) is 18.1. The first-order valence-corrected chi connectivity index (χ1v) is 9.06. The van der Waals surface area contributed by atoms with Crippen molar-refractivity contribution >= 4 is 11.6 Å². The highest BCUT2D eigenvalue weighted by Gasteiger charge is 2.43. The normalized spacial score (nSPS) is 17.8. The predicted molar refractivity (Wildman–Crippen MR) is 97.3 cm³/mol. The summed E-state index contributed by atoms with van der Waals surface area (Å²) in [5.74, 6) is 0.968. The van der Waals surface area contributed by atoms with Gasteiger partial charge in [-0.1, -0.05) is 25.0 Å². The van der Waals surface area contributed by atoms with Crippen LogP contribution in [0.5, 0.6) is 11.5 Å². The van der Waals surface area contributed by atoms with Crippen molar-refractivity contribution in [2.75, 3.05) is 18.5 Å². The van der Waals surface area contributed by atoms with Crippen molar-refractivity contribution in [3.8, 4) is 11.5 Å². The highest BCUT2D eigenvalue weighted by molar-refractivity contribution is 6.00. The highest BCUT2D eigenvalue weighted by Crippen LogP contribution is 2.45. The van der Waals surface area contributed by atoms with Gasteiger partial charge in [0, 0.05) is 5.69 Å². The second kappa shape index (κ2) is 6.63. The van der Waals surface area contributed by atoms with Crippen LogP contribution in [-0.2, 0) is 10.2 Å². The first kappa shape index (κ1) is 16.9. The van der Waals surface area contributed by atoms with Gasteiger partial charge in [-0.2, -0.15) is 0 Å². The summed E-state index contributed by atoms with van der Waals surface area (Å²) in [6.45, 7) is 2.91. The van der Waals surface area contributed by atoms with Crippen LogP contribution >= 0.6 is 0 Å². The van der Waals surface area contributed by atoms with E-state index in [1.54, 1.807) is 6.07 Å². The van der Waals surface area contributed by atoms with Crippen LogP contribution in [0.25, 0.3) is 0 Å². The molecular weight excluding hydrogens is 333 g/mol. The number of halogens is 1. The molecule has 1 heterocycles. The number of benzene rings is 2. The van der Waals surface area contributed by atoms with Crippen molar-refractivity contribution in [1.82, 2.24) is 0 Å². The number of aryl methyl sites for hydroxylation is 1. The maximum absolute atomic E-state index is 13.6. The van der Waals surface area contributed by atoms with Crippen LogP contribution < -0.4 is 14.8 Å². The number of amides is 1. The van der Waals surface area contributed by atoms with Gasteiger partial charge in [0.05, 0.1) is 5.41 Å². The molecule has 2 aromatic carbocycles. The maximum atomic E-state index is 13.6. The molecule has 0 radical (unpaired) electrons. The summed E-state index contributed by atoms with van der Waals surface area (Å²) < 4.78 is 24.9. The third-order valence-electron chi connectivity index (χ3n) is 5.43. The summed E-state index contributed by atoms with van der Waals surface area (Å²) in [5.41, 5.74) is 1.69. The molecule has 1 fully saturated rings. The quantitative estimate of drug-likeness (QED) is 0.890. The summed E-state index contributed by atoms with van der Waals surface area (Å²) >= 11 is 0. The van der Waals surface area contributed by atoms with Crippen LogP contribution in [0.4, 0.5) is 10.1 Å². The Bertz CT molecular complexity index is 843.